The standard InChI is InChI=1S/C17H26N4/c1-12(2)21-16-13(10-19-21)8-15(11-18-16)20-14-6-5-7-17(3,4)9-14/h8,10-12,14,20H,5-7,9H2,1-4H3. The lowest BCUT2D eigenvalue weighted by atomic mass is 9.75. The molecule has 2 aromatic rings. The second-order valence-corrected chi connectivity index (χ2v) is 7.42. The van der Waals surface area contributed by atoms with E-state index in [2.05, 4.69) is 49.2 Å². The minimum absolute atomic E-state index is 0.341. The van der Waals surface area contributed by atoms with Gasteiger partial charge in [0.1, 0.15) is 0 Å². The van der Waals surface area contributed by atoms with E-state index in [0.717, 1.165) is 16.7 Å². The Bertz CT molecular complexity index is 627. The first-order valence-electron chi connectivity index (χ1n) is 8.04. The molecule has 0 amide bonds. The van der Waals surface area contributed by atoms with Crippen LogP contribution in [0, 0.1) is 5.41 Å². The predicted octanol–water partition coefficient (Wildman–Crippen LogP) is 4.39. The van der Waals surface area contributed by atoms with E-state index in [9.17, 15) is 0 Å². The minimum atomic E-state index is 0.341. The van der Waals surface area contributed by atoms with Crippen LogP contribution in [-0.4, -0.2) is 20.8 Å². The predicted molar refractivity (Wildman–Crippen MR) is 87.6 cm³/mol. The van der Waals surface area contributed by atoms with Crippen molar-refractivity contribution >= 4 is 16.7 Å². The number of pyridine rings is 1. The van der Waals surface area contributed by atoms with Crippen molar-refractivity contribution in [3.05, 3.63) is 18.5 Å². The number of hydrogen-bond donors (Lipinski definition) is 1. The van der Waals surface area contributed by atoms with Gasteiger partial charge in [0.05, 0.1) is 18.1 Å². The van der Waals surface area contributed by atoms with Crippen LogP contribution in [0.5, 0.6) is 0 Å². The van der Waals surface area contributed by atoms with Gasteiger partial charge in [-0.2, -0.15) is 5.10 Å². The van der Waals surface area contributed by atoms with Crippen molar-refractivity contribution in [1.29, 1.82) is 0 Å². The first-order valence-corrected chi connectivity index (χ1v) is 8.04. The highest BCUT2D eigenvalue weighted by atomic mass is 15.3. The van der Waals surface area contributed by atoms with Crippen molar-refractivity contribution in [1.82, 2.24) is 14.8 Å². The van der Waals surface area contributed by atoms with Crippen LogP contribution in [0.1, 0.15) is 59.4 Å². The van der Waals surface area contributed by atoms with Crippen molar-refractivity contribution in [3.8, 4) is 0 Å². The average Bonchev–Trinajstić information content (AvgIpc) is 2.80. The maximum absolute atomic E-state index is 4.60. The first kappa shape index (κ1) is 14.4. The van der Waals surface area contributed by atoms with Gasteiger partial charge in [-0.05, 0) is 44.6 Å². The molecule has 3 rings (SSSR count). The molecule has 2 aromatic heterocycles. The van der Waals surface area contributed by atoms with Gasteiger partial charge in [0.25, 0.3) is 0 Å². The molecular formula is C17H26N4. The van der Waals surface area contributed by atoms with Crippen molar-refractivity contribution < 1.29 is 0 Å². The summed E-state index contributed by atoms with van der Waals surface area (Å²) < 4.78 is 1.98. The Morgan fingerprint density at radius 3 is 2.86 bits per heavy atom. The molecule has 0 saturated heterocycles. The van der Waals surface area contributed by atoms with E-state index in [4.69, 9.17) is 0 Å². The maximum Gasteiger partial charge on any atom is 0.158 e. The van der Waals surface area contributed by atoms with Crippen LogP contribution in [0.15, 0.2) is 18.5 Å². The Kier molecular flexibility index (Phi) is 3.64. The highest BCUT2D eigenvalue weighted by molar-refractivity contribution is 5.78. The van der Waals surface area contributed by atoms with Gasteiger partial charge in [0.2, 0.25) is 0 Å². The lowest BCUT2D eigenvalue weighted by Crippen LogP contribution is -2.31. The van der Waals surface area contributed by atoms with Crippen LogP contribution in [0.2, 0.25) is 0 Å². The summed E-state index contributed by atoms with van der Waals surface area (Å²) in [6.45, 7) is 9.00. The third-order valence-corrected chi connectivity index (χ3v) is 4.50. The van der Waals surface area contributed by atoms with Crippen molar-refractivity contribution in [2.45, 2.75) is 65.5 Å². The summed E-state index contributed by atoms with van der Waals surface area (Å²) in [5, 5.41) is 9.21. The van der Waals surface area contributed by atoms with Crippen molar-refractivity contribution in [3.63, 3.8) is 0 Å². The van der Waals surface area contributed by atoms with E-state index < -0.39 is 0 Å². The van der Waals surface area contributed by atoms with Gasteiger partial charge in [-0.15, -0.1) is 0 Å². The van der Waals surface area contributed by atoms with Gasteiger partial charge < -0.3 is 5.32 Å². The molecule has 4 heteroatoms. The maximum atomic E-state index is 4.60. The van der Waals surface area contributed by atoms with Gasteiger partial charge in [-0.1, -0.05) is 20.3 Å². The summed E-state index contributed by atoms with van der Waals surface area (Å²) in [5.74, 6) is 0. The molecule has 0 bridgehead atoms. The van der Waals surface area contributed by atoms with E-state index >= 15 is 0 Å². The highest BCUT2D eigenvalue weighted by Crippen LogP contribution is 2.36. The van der Waals surface area contributed by atoms with Crippen LogP contribution in [0.25, 0.3) is 11.0 Å². The van der Waals surface area contributed by atoms with E-state index in [-0.39, 0.29) is 0 Å². The van der Waals surface area contributed by atoms with Crippen molar-refractivity contribution in [2.75, 3.05) is 5.32 Å². The number of aromatic nitrogens is 3. The Labute approximate surface area is 126 Å². The monoisotopic (exact) mass is 286 g/mol. The second-order valence-electron chi connectivity index (χ2n) is 7.42. The molecule has 21 heavy (non-hydrogen) atoms. The Balaban J connectivity index is 1.79. The molecule has 1 aliphatic carbocycles. The van der Waals surface area contributed by atoms with E-state index in [1.807, 2.05) is 17.1 Å². The fraction of sp³-hybridized carbons (Fsp3) is 0.647. The molecule has 2 heterocycles. The summed E-state index contributed by atoms with van der Waals surface area (Å²) in [7, 11) is 0. The topological polar surface area (TPSA) is 42.7 Å². The van der Waals surface area contributed by atoms with Crippen LogP contribution in [-0.2, 0) is 0 Å². The zero-order valence-corrected chi connectivity index (χ0v) is 13.6. The molecule has 4 nitrogen and oxygen atoms in total. The zero-order valence-electron chi connectivity index (χ0n) is 13.6. The number of anilines is 1. The van der Waals surface area contributed by atoms with Gasteiger partial charge in [0, 0.05) is 17.5 Å². The SMILES string of the molecule is CC(C)n1ncc2cc(NC3CCCC(C)(C)C3)cnc21. The van der Waals surface area contributed by atoms with E-state index in [0.29, 0.717) is 17.5 Å². The van der Waals surface area contributed by atoms with E-state index in [1.165, 1.54) is 25.7 Å². The van der Waals surface area contributed by atoms with Crippen LogP contribution in [0.4, 0.5) is 5.69 Å². The number of fused-ring (bicyclic) bond motifs is 1. The summed E-state index contributed by atoms with van der Waals surface area (Å²) >= 11 is 0. The fourth-order valence-corrected chi connectivity index (χ4v) is 3.45. The Morgan fingerprint density at radius 2 is 2.14 bits per heavy atom. The number of rotatable bonds is 3. The molecule has 0 spiro atoms. The average molecular weight is 286 g/mol. The summed E-state index contributed by atoms with van der Waals surface area (Å²) in [4.78, 5) is 4.60. The quantitative estimate of drug-likeness (QED) is 0.909. The molecule has 1 fully saturated rings. The smallest absolute Gasteiger partial charge is 0.158 e. The highest BCUT2D eigenvalue weighted by Gasteiger charge is 2.27. The lowest BCUT2D eigenvalue weighted by Gasteiger charge is -2.36. The molecule has 1 atom stereocenters. The lowest BCUT2D eigenvalue weighted by molar-refractivity contribution is 0.229. The summed E-state index contributed by atoms with van der Waals surface area (Å²) in [6.07, 6.45) is 9.00. The molecule has 114 valence electrons. The largest absolute Gasteiger partial charge is 0.381 e. The summed E-state index contributed by atoms with van der Waals surface area (Å²) in [6, 6.07) is 3.08. The normalized spacial score (nSPS) is 21.9. The molecule has 0 aromatic carbocycles. The second kappa shape index (κ2) is 5.32. The fourth-order valence-electron chi connectivity index (χ4n) is 3.45. The van der Waals surface area contributed by atoms with Crippen LogP contribution < -0.4 is 5.32 Å². The number of nitrogens with one attached hydrogen (secondary N) is 1. The molecule has 1 N–H and O–H groups in total. The molecular weight excluding hydrogens is 260 g/mol. The van der Waals surface area contributed by atoms with Gasteiger partial charge in [0.15, 0.2) is 5.65 Å². The molecule has 1 unspecified atom stereocenters. The summed E-state index contributed by atoms with van der Waals surface area (Å²) in [5.41, 5.74) is 2.55. The molecule has 0 radical (unpaired) electrons. The Morgan fingerprint density at radius 1 is 1.33 bits per heavy atom. The third-order valence-electron chi connectivity index (χ3n) is 4.50. The molecule has 1 aliphatic rings. The Hall–Kier alpha value is -1.58. The number of nitrogens with zero attached hydrogens (tertiary/aromatic N) is 3. The molecule has 0 aliphatic heterocycles. The molecule has 1 saturated carbocycles. The van der Waals surface area contributed by atoms with Crippen molar-refractivity contribution in [2.24, 2.45) is 5.41 Å². The van der Waals surface area contributed by atoms with E-state index in [1.54, 1.807) is 0 Å². The van der Waals surface area contributed by atoms with Crippen LogP contribution >= 0.6 is 0 Å². The number of hydrogen-bond acceptors (Lipinski definition) is 3. The minimum Gasteiger partial charge on any atom is -0.381 e. The van der Waals surface area contributed by atoms with Gasteiger partial charge in [-0.3, -0.25) is 0 Å². The zero-order chi connectivity index (χ0) is 15.0. The van der Waals surface area contributed by atoms with Gasteiger partial charge in [-0.25, -0.2) is 9.67 Å². The van der Waals surface area contributed by atoms with Crippen LogP contribution in [0.3, 0.4) is 0 Å². The first-order chi connectivity index (χ1) is 9.94. The third kappa shape index (κ3) is 3.04. The van der Waals surface area contributed by atoms with Gasteiger partial charge >= 0.3 is 0 Å².